The molecule has 0 unspecified atom stereocenters. The molecule has 1 N–H and O–H groups in total. The Bertz CT molecular complexity index is 711. The van der Waals surface area contributed by atoms with Crippen LogP contribution in [0.1, 0.15) is 24.5 Å². The first-order chi connectivity index (χ1) is 12.4. The molecule has 140 valence electrons. The number of carbonyl (C=O) groups excluding carboxylic acids is 4. The molecule has 8 nitrogen and oxygen atoms in total. The van der Waals surface area contributed by atoms with Gasteiger partial charge in [0.15, 0.2) is 0 Å². The lowest BCUT2D eigenvalue weighted by atomic mass is 10.1. The number of amides is 5. The average molecular weight is 361 g/mol. The van der Waals surface area contributed by atoms with E-state index in [1.807, 2.05) is 39.0 Å². The van der Waals surface area contributed by atoms with E-state index in [2.05, 4.69) is 5.32 Å². The van der Waals surface area contributed by atoms with Gasteiger partial charge in [-0.2, -0.15) is 0 Å². The van der Waals surface area contributed by atoms with Gasteiger partial charge >= 0.3 is 17.8 Å². The molecule has 8 heteroatoms. The zero-order valence-electron chi connectivity index (χ0n) is 15.2. The summed E-state index contributed by atoms with van der Waals surface area (Å²) in [4.78, 5) is 50.1. The second-order valence-electron chi connectivity index (χ2n) is 6.00. The summed E-state index contributed by atoms with van der Waals surface area (Å²) in [6, 6.07) is 4.79. The summed E-state index contributed by atoms with van der Waals surface area (Å²) in [6.45, 7) is 6.03. The number of nitrogens with zero attached hydrogens (tertiary/aromatic N) is 2. The number of imide groups is 2. The SMILES string of the molecule is CCOCCCN1C(=O)C(=O)N(CC(=O)Nc2c(C)cccc2C)C1=O. The molecule has 0 radical (unpaired) electrons. The van der Waals surface area contributed by atoms with Gasteiger partial charge in [-0.25, -0.2) is 9.69 Å². The van der Waals surface area contributed by atoms with E-state index in [-0.39, 0.29) is 6.54 Å². The fraction of sp³-hybridized carbons (Fsp3) is 0.444. The third kappa shape index (κ3) is 4.26. The fourth-order valence-corrected chi connectivity index (χ4v) is 2.69. The lowest BCUT2D eigenvalue weighted by Gasteiger charge is -2.16. The van der Waals surface area contributed by atoms with Gasteiger partial charge in [0, 0.05) is 25.4 Å². The first-order valence-corrected chi connectivity index (χ1v) is 8.48. The molecular weight excluding hydrogens is 338 g/mol. The van der Waals surface area contributed by atoms with Crippen molar-refractivity contribution in [1.29, 1.82) is 0 Å². The van der Waals surface area contributed by atoms with Crippen LogP contribution in [-0.2, 0) is 19.1 Å². The molecule has 1 saturated heterocycles. The van der Waals surface area contributed by atoms with E-state index >= 15 is 0 Å². The van der Waals surface area contributed by atoms with Crippen LogP contribution in [0, 0.1) is 13.8 Å². The number of benzene rings is 1. The van der Waals surface area contributed by atoms with E-state index in [0.29, 0.717) is 30.2 Å². The number of nitrogens with one attached hydrogen (secondary N) is 1. The predicted molar refractivity (Wildman–Crippen MR) is 94.5 cm³/mol. The van der Waals surface area contributed by atoms with E-state index in [0.717, 1.165) is 16.0 Å². The maximum Gasteiger partial charge on any atom is 0.334 e. The monoisotopic (exact) mass is 361 g/mol. The Hall–Kier alpha value is -2.74. The summed E-state index contributed by atoms with van der Waals surface area (Å²) in [5.41, 5.74) is 2.37. The van der Waals surface area contributed by atoms with Crippen molar-refractivity contribution in [1.82, 2.24) is 9.80 Å². The highest BCUT2D eigenvalue weighted by Gasteiger charge is 2.44. The predicted octanol–water partition coefficient (Wildman–Crippen LogP) is 1.46. The van der Waals surface area contributed by atoms with E-state index < -0.39 is 30.3 Å². The first kappa shape index (κ1) is 19.6. The summed E-state index contributed by atoms with van der Waals surface area (Å²) in [5, 5.41) is 2.70. The first-order valence-electron chi connectivity index (χ1n) is 8.48. The van der Waals surface area contributed by atoms with Crippen LogP contribution in [0.15, 0.2) is 18.2 Å². The minimum atomic E-state index is -0.983. The van der Waals surface area contributed by atoms with Crippen molar-refractivity contribution in [2.45, 2.75) is 27.2 Å². The topological polar surface area (TPSA) is 96.0 Å². The minimum Gasteiger partial charge on any atom is -0.382 e. The van der Waals surface area contributed by atoms with Crippen LogP contribution in [0.4, 0.5) is 10.5 Å². The summed E-state index contributed by atoms with van der Waals surface area (Å²) in [6.07, 6.45) is 0.432. The minimum absolute atomic E-state index is 0.0818. The number of para-hydroxylation sites is 1. The third-order valence-corrected chi connectivity index (χ3v) is 4.06. The number of ether oxygens (including phenoxy) is 1. The van der Waals surface area contributed by atoms with Crippen LogP contribution >= 0.6 is 0 Å². The highest BCUT2D eigenvalue weighted by Crippen LogP contribution is 2.20. The van der Waals surface area contributed by atoms with Gasteiger partial charge in [-0.3, -0.25) is 19.3 Å². The van der Waals surface area contributed by atoms with Gasteiger partial charge in [0.2, 0.25) is 5.91 Å². The Kier molecular flexibility index (Phi) is 6.46. The molecule has 1 aliphatic rings. The van der Waals surface area contributed by atoms with Crippen molar-refractivity contribution in [3.63, 3.8) is 0 Å². The smallest absolute Gasteiger partial charge is 0.334 e. The molecule has 0 atom stereocenters. The van der Waals surface area contributed by atoms with Gasteiger partial charge < -0.3 is 10.1 Å². The van der Waals surface area contributed by atoms with Crippen molar-refractivity contribution >= 4 is 29.4 Å². The van der Waals surface area contributed by atoms with E-state index in [9.17, 15) is 19.2 Å². The molecule has 0 aromatic heterocycles. The Morgan fingerprint density at radius 1 is 1.08 bits per heavy atom. The molecular formula is C18H23N3O5. The van der Waals surface area contributed by atoms with E-state index in [4.69, 9.17) is 4.74 Å². The largest absolute Gasteiger partial charge is 0.382 e. The Labute approximate surface area is 152 Å². The molecule has 5 amide bonds. The van der Waals surface area contributed by atoms with Crippen LogP contribution < -0.4 is 5.32 Å². The Morgan fingerprint density at radius 3 is 2.31 bits per heavy atom. The van der Waals surface area contributed by atoms with Gasteiger partial charge in [-0.05, 0) is 38.3 Å². The zero-order chi connectivity index (χ0) is 19.3. The summed E-state index contributed by atoms with van der Waals surface area (Å²) in [7, 11) is 0. The lowest BCUT2D eigenvalue weighted by Crippen LogP contribution is -2.39. The molecule has 1 aromatic carbocycles. The molecule has 1 fully saturated rings. The number of urea groups is 1. The molecule has 1 heterocycles. The van der Waals surface area contributed by atoms with Gasteiger partial charge in [-0.1, -0.05) is 18.2 Å². The maximum absolute atomic E-state index is 12.3. The summed E-state index contributed by atoms with van der Waals surface area (Å²) in [5.74, 6) is -2.43. The number of hydrogen-bond acceptors (Lipinski definition) is 5. The van der Waals surface area contributed by atoms with Crippen LogP contribution in [0.25, 0.3) is 0 Å². The highest BCUT2D eigenvalue weighted by atomic mass is 16.5. The fourth-order valence-electron chi connectivity index (χ4n) is 2.69. The van der Waals surface area contributed by atoms with Crippen molar-refractivity contribution < 1.29 is 23.9 Å². The van der Waals surface area contributed by atoms with Crippen molar-refractivity contribution in [2.24, 2.45) is 0 Å². The number of hydrogen-bond donors (Lipinski definition) is 1. The molecule has 0 saturated carbocycles. The quantitative estimate of drug-likeness (QED) is 0.430. The van der Waals surface area contributed by atoms with Crippen LogP contribution in [-0.4, -0.2) is 59.9 Å². The van der Waals surface area contributed by atoms with Gasteiger partial charge in [0.05, 0.1) is 0 Å². The van der Waals surface area contributed by atoms with Gasteiger partial charge in [-0.15, -0.1) is 0 Å². The molecule has 0 aliphatic carbocycles. The Balaban J connectivity index is 2.00. The molecule has 0 bridgehead atoms. The summed E-state index contributed by atoms with van der Waals surface area (Å²) < 4.78 is 5.16. The van der Waals surface area contributed by atoms with Gasteiger partial charge in [0.1, 0.15) is 6.54 Å². The van der Waals surface area contributed by atoms with Crippen molar-refractivity contribution in [2.75, 3.05) is 31.6 Å². The lowest BCUT2D eigenvalue weighted by molar-refractivity contribution is -0.143. The number of anilines is 1. The maximum atomic E-state index is 12.3. The van der Waals surface area contributed by atoms with Gasteiger partial charge in [0.25, 0.3) is 0 Å². The van der Waals surface area contributed by atoms with E-state index in [1.165, 1.54) is 0 Å². The molecule has 2 rings (SSSR count). The summed E-state index contributed by atoms with van der Waals surface area (Å²) >= 11 is 0. The third-order valence-electron chi connectivity index (χ3n) is 4.06. The number of rotatable bonds is 8. The molecule has 0 spiro atoms. The van der Waals surface area contributed by atoms with Crippen LogP contribution in [0.2, 0.25) is 0 Å². The van der Waals surface area contributed by atoms with E-state index in [1.54, 1.807) is 0 Å². The van der Waals surface area contributed by atoms with Crippen LogP contribution in [0.3, 0.4) is 0 Å². The van der Waals surface area contributed by atoms with Crippen molar-refractivity contribution in [3.8, 4) is 0 Å². The Morgan fingerprint density at radius 2 is 1.69 bits per heavy atom. The normalized spacial score (nSPS) is 14.3. The number of aryl methyl sites for hydroxylation is 2. The standard InChI is InChI=1S/C18H23N3O5/c1-4-26-10-6-9-20-16(23)17(24)21(18(20)25)11-14(22)19-15-12(2)7-5-8-13(15)3/h5,7-8H,4,6,9-11H2,1-3H3,(H,19,22). The molecule has 1 aliphatic heterocycles. The van der Waals surface area contributed by atoms with Crippen molar-refractivity contribution in [3.05, 3.63) is 29.3 Å². The van der Waals surface area contributed by atoms with Crippen LogP contribution in [0.5, 0.6) is 0 Å². The zero-order valence-corrected chi connectivity index (χ0v) is 15.2. The molecule has 1 aromatic rings. The highest BCUT2D eigenvalue weighted by molar-refractivity contribution is 6.45. The number of carbonyl (C=O) groups is 4. The average Bonchev–Trinajstić information content (AvgIpc) is 2.79. The second kappa shape index (κ2) is 8.57. The molecule has 26 heavy (non-hydrogen) atoms. The second-order valence-corrected chi connectivity index (χ2v) is 6.00.